The zero-order valence-corrected chi connectivity index (χ0v) is 11.8. The maximum atomic E-state index is 12.0. The van der Waals surface area contributed by atoms with Gasteiger partial charge in [-0.05, 0) is 42.0 Å². The molecule has 0 atom stereocenters. The van der Waals surface area contributed by atoms with E-state index >= 15 is 0 Å². The highest BCUT2D eigenvalue weighted by atomic mass is 79.9. The molecule has 1 aromatic rings. The zero-order valence-electron chi connectivity index (χ0n) is 10.2. The standard InChI is InChI=1S/C12H16BrNO3/c1-4-17-12-10(16-3)6-5-8(13)11(12)9(15)7-14-2/h5-6,14H,4,7H2,1-3H3. The van der Waals surface area contributed by atoms with E-state index in [0.717, 1.165) is 0 Å². The van der Waals surface area contributed by atoms with Crippen LogP contribution in [0.4, 0.5) is 0 Å². The maximum Gasteiger partial charge on any atom is 0.181 e. The van der Waals surface area contributed by atoms with Crippen LogP contribution in [0.3, 0.4) is 0 Å². The summed E-state index contributed by atoms with van der Waals surface area (Å²) >= 11 is 3.37. The number of ketones is 1. The predicted octanol–water partition coefficient (Wildman–Crippen LogP) is 2.26. The van der Waals surface area contributed by atoms with Gasteiger partial charge >= 0.3 is 0 Å². The molecule has 0 unspecified atom stereocenters. The van der Waals surface area contributed by atoms with E-state index in [1.807, 2.05) is 6.92 Å². The first-order valence-corrected chi connectivity index (χ1v) is 6.12. The van der Waals surface area contributed by atoms with Crippen LogP contribution >= 0.6 is 15.9 Å². The molecule has 0 heterocycles. The maximum absolute atomic E-state index is 12.0. The highest BCUT2D eigenvalue weighted by Crippen LogP contribution is 2.36. The van der Waals surface area contributed by atoms with Crippen molar-refractivity contribution in [2.75, 3.05) is 27.3 Å². The van der Waals surface area contributed by atoms with E-state index in [9.17, 15) is 4.79 Å². The molecule has 94 valence electrons. The second-order valence-electron chi connectivity index (χ2n) is 3.34. The molecular formula is C12H16BrNO3. The van der Waals surface area contributed by atoms with Crippen molar-refractivity contribution in [3.63, 3.8) is 0 Å². The van der Waals surface area contributed by atoms with Gasteiger partial charge in [-0.25, -0.2) is 0 Å². The lowest BCUT2D eigenvalue weighted by atomic mass is 10.1. The molecule has 0 aliphatic rings. The average molecular weight is 302 g/mol. The Bertz CT molecular complexity index is 407. The first-order chi connectivity index (χ1) is 8.15. The predicted molar refractivity (Wildman–Crippen MR) is 70.1 cm³/mol. The lowest BCUT2D eigenvalue weighted by Crippen LogP contribution is -2.20. The van der Waals surface area contributed by atoms with E-state index in [1.165, 1.54) is 0 Å². The number of carbonyl (C=O) groups is 1. The molecule has 0 saturated heterocycles. The molecule has 4 nitrogen and oxygen atoms in total. The van der Waals surface area contributed by atoms with E-state index in [4.69, 9.17) is 9.47 Å². The molecular weight excluding hydrogens is 286 g/mol. The van der Waals surface area contributed by atoms with Crippen molar-refractivity contribution in [2.45, 2.75) is 6.92 Å². The van der Waals surface area contributed by atoms with E-state index in [-0.39, 0.29) is 12.3 Å². The first-order valence-electron chi connectivity index (χ1n) is 5.32. The summed E-state index contributed by atoms with van der Waals surface area (Å²) in [5, 5.41) is 2.83. The summed E-state index contributed by atoms with van der Waals surface area (Å²) in [5.74, 6) is 1.01. The third kappa shape index (κ3) is 3.20. The molecule has 0 aromatic heterocycles. The highest BCUT2D eigenvalue weighted by Gasteiger charge is 2.19. The van der Waals surface area contributed by atoms with Gasteiger partial charge < -0.3 is 14.8 Å². The van der Waals surface area contributed by atoms with Crippen LogP contribution in [-0.4, -0.2) is 33.1 Å². The SMILES string of the molecule is CCOc1c(OC)ccc(Br)c1C(=O)CNC. The molecule has 0 spiro atoms. The lowest BCUT2D eigenvalue weighted by molar-refractivity contribution is 0.0988. The van der Waals surface area contributed by atoms with Crippen molar-refractivity contribution in [1.29, 1.82) is 0 Å². The number of rotatable bonds is 6. The van der Waals surface area contributed by atoms with Gasteiger partial charge in [-0.1, -0.05) is 0 Å². The average Bonchev–Trinajstić information content (AvgIpc) is 2.30. The van der Waals surface area contributed by atoms with Crippen LogP contribution in [0.2, 0.25) is 0 Å². The third-order valence-corrected chi connectivity index (χ3v) is 2.86. The van der Waals surface area contributed by atoms with Gasteiger partial charge in [0, 0.05) is 4.47 Å². The summed E-state index contributed by atoms with van der Waals surface area (Å²) in [4.78, 5) is 12.0. The highest BCUT2D eigenvalue weighted by molar-refractivity contribution is 9.10. The Balaban J connectivity index is 3.27. The quantitative estimate of drug-likeness (QED) is 0.819. The topological polar surface area (TPSA) is 47.6 Å². The molecule has 1 N–H and O–H groups in total. The molecule has 0 radical (unpaired) electrons. The molecule has 5 heteroatoms. The largest absolute Gasteiger partial charge is 0.493 e. The van der Waals surface area contributed by atoms with Crippen LogP contribution in [0.25, 0.3) is 0 Å². The van der Waals surface area contributed by atoms with Gasteiger partial charge in [0.2, 0.25) is 0 Å². The summed E-state index contributed by atoms with van der Waals surface area (Å²) in [5.41, 5.74) is 0.514. The second-order valence-corrected chi connectivity index (χ2v) is 4.19. The fraction of sp³-hybridized carbons (Fsp3) is 0.417. The third-order valence-electron chi connectivity index (χ3n) is 2.20. The van der Waals surface area contributed by atoms with Crippen molar-refractivity contribution in [1.82, 2.24) is 5.32 Å². The van der Waals surface area contributed by atoms with Gasteiger partial charge in [0.1, 0.15) is 0 Å². The van der Waals surface area contributed by atoms with Crippen LogP contribution in [-0.2, 0) is 0 Å². The van der Waals surface area contributed by atoms with Crippen molar-refractivity contribution in [3.8, 4) is 11.5 Å². The molecule has 0 aliphatic heterocycles. The number of nitrogens with one attached hydrogen (secondary N) is 1. The fourth-order valence-corrected chi connectivity index (χ4v) is 2.03. The Labute approximate surface area is 109 Å². The van der Waals surface area contributed by atoms with Crippen molar-refractivity contribution in [2.24, 2.45) is 0 Å². The van der Waals surface area contributed by atoms with Crippen LogP contribution in [0, 0.1) is 0 Å². The van der Waals surface area contributed by atoms with E-state index < -0.39 is 0 Å². The van der Waals surface area contributed by atoms with Crippen molar-refractivity contribution in [3.05, 3.63) is 22.2 Å². The molecule has 17 heavy (non-hydrogen) atoms. The molecule has 0 aliphatic carbocycles. The summed E-state index contributed by atoms with van der Waals surface area (Å²) in [6.45, 7) is 2.60. The van der Waals surface area contributed by atoms with Crippen LogP contribution in [0.1, 0.15) is 17.3 Å². The van der Waals surface area contributed by atoms with Gasteiger partial charge in [-0.3, -0.25) is 4.79 Å². The number of hydrogen-bond acceptors (Lipinski definition) is 4. The second kappa shape index (κ2) is 6.61. The summed E-state index contributed by atoms with van der Waals surface area (Å²) in [6, 6.07) is 3.55. The minimum atomic E-state index is -0.0401. The smallest absolute Gasteiger partial charge is 0.181 e. The fourth-order valence-electron chi connectivity index (χ4n) is 1.50. The van der Waals surface area contributed by atoms with Crippen LogP contribution in [0.5, 0.6) is 11.5 Å². The Kier molecular flexibility index (Phi) is 5.44. The van der Waals surface area contributed by atoms with Crippen LogP contribution in [0.15, 0.2) is 16.6 Å². The summed E-state index contributed by atoms with van der Waals surface area (Å²) in [6.07, 6.45) is 0. The summed E-state index contributed by atoms with van der Waals surface area (Å²) in [7, 11) is 3.28. The van der Waals surface area contributed by atoms with Crippen LogP contribution < -0.4 is 14.8 Å². The Morgan fingerprint density at radius 1 is 1.47 bits per heavy atom. The molecule has 0 fully saturated rings. The number of halogens is 1. The number of benzene rings is 1. The van der Waals surface area contributed by atoms with Crippen molar-refractivity contribution < 1.29 is 14.3 Å². The first kappa shape index (κ1) is 14.0. The molecule has 0 saturated carbocycles. The van der Waals surface area contributed by atoms with Gasteiger partial charge in [-0.2, -0.15) is 0 Å². The normalized spacial score (nSPS) is 10.1. The molecule has 1 rings (SSSR count). The number of likely N-dealkylation sites (N-methyl/N-ethyl adjacent to an activating group) is 1. The van der Waals surface area contributed by atoms with E-state index in [2.05, 4.69) is 21.2 Å². The van der Waals surface area contributed by atoms with E-state index in [1.54, 1.807) is 26.3 Å². The number of Topliss-reactive ketones (excluding diaryl/α,β-unsaturated/α-hetero) is 1. The van der Waals surface area contributed by atoms with Gasteiger partial charge in [-0.15, -0.1) is 0 Å². The van der Waals surface area contributed by atoms with Gasteiger partial charge in [0.05, 0.1) is 25.8 Å². The molecule has 0 bridgehead atoms. The molecule has 1 aromatic carbocycles. The van der Waals surface area contributed by atoms with Gasteiger partial charge in [0.15, 0.2) is 17.3 Å². The molecule has 0 amide bonds. The Hall–Kier alpha value is -1.07. The van der Waals surface area contributed by atoms with Gasteiger partial charge in [0.25, 0.3) is 0 Å². The zero-order chi connectivity index (χ0) is 12.8. The monoisotopic (exact) mass is 301 g/mol. The summed E-state index contributed by atoms with van der Waals surface area (Å²) < 4.78 is 11.4. The van der Waals surface area contributed by atoms with E-state index in [0.29, 0.717) is 28.1 Å². The minimum absolute atomic E-state index is 0.0401. The number of ether oxygens (including phenoxy) is 2. The lowest BCUT2D eigenvalue weighted by Gasteiger charge is -2.14. The number of carbonyl (C=O) groups excluding carboxylic acids is 1. The Morgan fingerprint density at radius 3 is 2.71 bits per heavy atom. The van der Waals surface area contributed by atoms with Crippen molar-refractivity contribution >= 4 is 21.7 Å². The minimum Gasteiger partial charge on any atom is -0.493 e. The Morgan fingerprint density at radius 2 is 2.18 bits per heavy atom. The number of methoxy groups -OCH3 is 1. The number of hydrogen-bond donors (Lipinski definition) is 1.